The van der Waals surface area contributed by atoms with Crippen molar-refractivity contribution in [2.24, 2.45) is 7.05 Å². The third kappa shape index (κ3) is 14.0. The van der Waals surface area contributed by atoms with Crippen LogP contribution in [0, 0.1) is 11.6 Å². The van der Waals surface area contributed by atoms with E-state index in [1.807, 2.05) is 0 Å². The van der Waals surface area contributed by atoms with E-state index in [-0.39, 0.29) is 76.1 Å². The molecule has 1 aliphatic heterocycles. The number of phenols is 1. The van der Waals surface area contributed by atoms with Crippen LogP contribution in [0.15, 0.2) is 88.6 Å². The molecule has 0 bridgehead atoms. The number of hydrogen-bond acceptors (Lipinski definition) is 15. The zero-order chi connectivity index (χ0) is 59.7. The van der Waals surface area contributed by atoms with Crippen LogP contribution in [0.4, 0.5) is 26.3 Å². The number of esters is 2. The van der Waals surface area contributed by atoms with E-state index >= 15 is 0 Å². The van der Waals surface area contributed by atoms with Gasteiger partial charge in [0, 0.05) is 96.2 Å². The Balaban J connectivity index is 1.16. The molecule has 4 unspecified atom stereocenters. The Bertz CT molecular complexity index is 3640. The van der Waals surface area contributed by atoms with Crippen molar-refractivity contribution < 1.29 is 88.8 Å². The zero-order valence-corrected chi connectivity index (χ0v) is 43.4. The smallest absolute Gasteiger partial charge is 0.416 e. The van der Waals surface area contributed by atoms with Gasteiger partial charge in [0.1, 0.15) is 36.1 Å². The van der Waals surface area contributed by atoms with Gasteiger partial charge in [0.15, 0.2) is 23.2 Å². The number of amides is 4. The molecule has 22 nitrogen and oxygen atoms in total. The number of aromatic carboxylic acids is 1. The highest BCUT2D eigenvalue weighted by Crippen LogP contribution is 2.43. The number of carboxylic acid groups (broad SMARTS) is 1. The Hall–Kier alpha value is -9.60. The number of rotatable bonds is 24. The van der Waals surface area contributed by atoms with Crippen LogP contribution < -0.4 is 32.0 Å². The number of hydrogen-bond donors (Lipinski definition) is 8. The Kier molecular flexibility index (Phi) is 18.8. The molecule has 0 spiro atoms. The van der Waals surface area contributed by atoms with Gasteiger partial charge in [0.2, 0.25) is 23.2 Å². The normalized spacial score (nSPS) is 13.0. The Morgan fingerprint density at radius 1 is 0.793 bits per heavy atom. The predicted molar refractivity (Wildman–Crippen MR) is 276 cm³/mol. The number of aryl methyl sites for hydroxylation is 1. The number of nitrogens with zero attached hydrogens (tertiary/aromatic N) is 2. The summed E-state index contributed by atoms with van der Waals surface area (Å²) >= 11 is 0. The number of carbonyl (C=O) groups is 8. The lowest BCUT2D eigenvalue weighted by atomic mass is 9.89. The number of benzene rings is 4. The number of carboxylic acids is 1. The first-order valence-corrected chi connectivity index (χ1v) is 24.6. The van der Waals surface area contributed by atoms with Crippen molar-refractivity contribution in [2.75, 3.05) is 34.0 Å². The maximum absolute atomic E-state index is 14.8. The summed E-state index contributed by atoms with van der Waals surface area (Å²) in [6.07, 6.45) is -3.09. The van der Waals surface area contributed by atoms with Crippen molar-refractivity contribution in [3.05, 3.63) is 129 Å². The van der Waals surface area contributed by atoms with Gasteiger partial charge in [0.25, 0.3) is 5.91 Å². The van der Waals surface area contributed by atoms with Crippen LogP contribution >= 0.6 is 0 Å². The number of nitrogens with one attached hydrogen (secondary N) is 6. The highest BCUT2D eigenvalue weighted by atomic mass is 19.4. The highest BCUT2D eigenvalue weighted by molar-refractivity contribution is 6.09. The van der Waals surface area contributed by atoms with Gasteiger partial charge in [-0.15, -0.1) is 0 Å². The number of alkyl halides is 4. The van der Waals surface area contributed by atoms with Gasteiger partial charge < -0.3 is 60.2 Å². The fraction of sp³-hybridized carbons (Fsp3) is 0.296. The number of imidazole rings is 1. The number of aromatic amines is 1. The van der Waals surface area contributed by atoms with E-state index in [0.29, 0.717) is 10.9 Å². The number of aromatic hydroxyl groups is 1. The first-order valence-electron chi connectivity index (χ1n) is 24.6. The third-order valence-electron chi connectivity index (χ3n) is 13.1. The Morgan fingerprint density at radius 2 is 1.49 bits per heavy atom. The third-order valence-corrected chi connectivity index (χ3v) is 13.1. The molecule has 0 fully saturated rings. The summed E-state index contributed by atoms with van der Waals surface area (Å²) in [7, 11) is 3.52. The lowest BCUT2D eigenvalue weighted by Gasteiger charge is -2.26. The molecular weight excluding hydrogens is 1100 g/mol. The number of halogens is 6. The van der Waals surface area contributed by atoms with Crippen molar-refractivity contribution in [1.82, 2.24) is 41.1 Å². The average Bonchev–Trinajstić information content (AvgIpc) is 4.11. The highest BCUT2D eigenvalue weighted by Gasteiger charge is 2.35. The number of ether oxygens (including phenoxy) is 2. The standard InChI is InChI=1S/C54H50F6N8O14/c1-68-23-26(29-7-5-27(14-40(29)68)54(58,59)60)13-38(51(76)65-36(8-9-46(72)80-2)50(75)67-39(15-28-22-61-24-64-28)52(77)66-37(43(71)21-55)18-47(73)81-3)62-10-11-63-49(74)25-4-6-30(31(12-25)53(78)79)48-32-16-34(56)41(69)19-44(32)82-45-20-42(70)35(57)17-33(45)48/h4-7,12,14,16-17,19-20,22-24,36-39,62,69H,8-11,13,15,18,21H2,1-3H3,(H,61,64)(H,63,74)(H,65,76)(H,66,77)(H,67,75)(H,78,79). The lowest BCUT2D eigenvalue weighted by Crippen LogP contribution is -2.58. The molecule has 4 amide bonds. The van der Waals surface area contributed by atoms with Gasteiger partial charge in [-0.1, -0.05) is 12.1 Å². The Morgan fingerprint density at radius 3 is 2.16 bits per heavy atom. The van der Waals surface area contributed by atoms with Crippen molar-refractivity contribution in [3.8, 4) is 28.2 Å². The summed E-state index contributed by atoms with van der Waals surface area (Å²) in [5.74, 6) is -12.1. The SMILES string of the molecule is COC(=O)CCC(NC(=O)C(Cc1cn(C)c2cc(C(F)(F)F)ccc12)NCCNC(=O)c1ccc(-c2c3cc(F)c(=O)cc-3oc3cc(O)c(F)cc23)c(C(=O)O)c1)C(=O)NC(Cc1cnc[nH]1)C(=O)NC(CC(=O)OC)C(=O)CF. The summed E-state index contributed by atoms with van der Waals surface area (Å²) in [6.45, 7) is -2.18. The minimum atomic E-state index is -4.71. The second kappa shape index (κ2) is 25.7. The molecule has 0 saturated heterocycles. The molecule has 2 aliphatic rings. The fourth-order valence-corrected chi connectivity index (χ4v) is 8.94. The number of carbonyl (C=O) groups excluding carboxylic acids is 7. The molecule has 82 heavy (non-hydrogen) atoms. The summed E-state index contributed by atoms with van der Waals surface area (Å²) < 4.78 is 101. The molecule has 8 N–H and O–H groups in total. The summed E-state index contributed by atoms with van der Waals surface area (Å²) in [6, 6.07) is 3.09. The second-order valence-corrected chi connectivity index (χ2v) is 18.5. The first-order chi connectivity index (χ1) is 38.9. The maximum atomic E-state index is 14.8. The predicted octanol–water partition coefficient (Wildman–Crippen LogP) is 4.16. The molecule has 4 atom stereocenters. The number of H-pyrrole nitrogens is 1. The molecule has 28 heteroatoms. The quantitative estimate of drug-likeness (QED) is 0.0182. The molecule has 3 aromatic carbocycles. The zero-order valence-electron chi connectivity index (χ0n) is 43.4. The largest absolute Gasteiger partial charge is 0.505 e. The van der Waals surface area contributed by atoms with Gasteiger partial charge in [-0.05, 0) is 60.4 Å². The van der Waals surface area contributed by atoms with E-state index in [2.05, 4.69) is 41.3 Å². The lowest BCUT2D eigenvalue weighted by molar-refractivity contribution is -0.144. The number of phenolic OH excluding ortho intramolecular Hbond substituents is 1. The molecule has 3 heterocycles. The van der Waals surface area contributed by atoms with Gasteiger partial charge in [-0.2, -0.15) is 13.2 Å². The summed E-state index contributed by atoms with van der Waals surface area (Å²) in [5, 5.41) is 33.4. The number of aromatic nitrogens is 3. The van der Waals surface area contributed by atoms with Gasteiger partial charge in [-0.25, -0.2) is 22.9 Å². The van der Waals surface area contributed by atoms with E-state index < -0.39 is 138 Å². The molecule has 7 rings (SSSR count). The molecule has 1 aliphatic carbocycles. The molecule has 0 saturated carbocycles. The van der Waals surface area contributed by atoms with E-state index in [9.17, 15) is 79.7 Å². The van der Waals surface area contributed by atoms with E-state index in [0.717, 1.165) is 56.7 Å². The fourth-order valence-electron chi connectivity index (χ4n) is 8.94. The van der Waals surface area contributed by atoms with Crippen LogP contribution in [0.25, 0.3) is 44.3 Å². The minimum Gasteiger partial charge on any atom is -0.505 e. The first kappa shape index (κ1) is 60.0. The van der Waals surface area contributed by atoms with Crippen molar-refractivity contribution in [1.29, 1.82) is 0 Å². The molecule has 0 radical (unpaired) electrons. The summed E-state index contributed by atoms with van der Waals surface area (Å²) in [4.78, 5) is 125. The van der Waals surface area contributed by atoms with E-state index in [1.54, 1.807) is 0 Å². The van der Waals surface area contributed by atoms with Crippen molar-refractivity contribution in [2.45, 2.75) is 62.4 Å². The van der Waals surface area contributed by atoms with Crippen LogP contribution in [0.3, 0.4) is 0 Å². The second-order valence-electron chi connectivity index (χ2n) is 18.5. The van der Waals surface area contributed by atoms with Gasteiger partial charge >= 0.3 is 24.1 Å². The monoisotopic (exact) mass is 1150 g/mol. The number of ketones is 1. The number of methoxy groups -OCH3 is 2. The molecule has 2 aromatic heterocycles. The average molecular weight is 1150 g/mol. The molecular formula is C54H50F6N8O14. The van der Waals surface area contributed by atoms with Crippen LogP contribution in [0.5, 0.6) is 5.75 Å². The van der Waals surface area contributed by atoms with E-state index in [1.165, 1.54) is 48.5 Å². The van der Waals surface area contributed by atoms with E-state index in [4.69, 9.17) is 9.15 Å². The molecule has 5 aromatic rings. The maximum Gasteiger partial charge on any atom is 0.416 e. The topological polar surface area (TPSA) is 319 Å². The van der Waals surface area contributed by atoms with Crippen LogP contribution in [-0.4, -0.2) is 130 Å². The van der Waals surface area contributed by atoms with Crippen LogP contribution in [0.1, 0.15) is 56.8 Å². The van der Waals surface area contributed by atoms with Gasteiger partial charge in [-0.3, -0.25) is 38.4 Å². The van der Waals surface area contributed by atoms with Crippen LogP contribution in [0.2, 0.25) is 0 Å². The van der Waals surface area contributed by atoms with Crippen molar-refractivity contribution in [3.63, 3.8) is 0 Å². The molecule has 432 valence electrons. The minimum absolute atomic E-state index is 0.126. The van der Waals surface area contributed by atoms with Crippen LogP contribution in [-0.2, 0) is 64.3 Å². The van der Waals surface area contributed by atoms with Crippen molar-refractivity contribution >= 4 is 69.2 Å². The van der Waals surface area contributed by atoms with Gasteiger partial charge in [0.05, 0.1) is 44.1 Å². The summed E-state index contributed by atoms with van der Waals surface area (Å²) in [5.41, 5.74) is -2.82. The number of fused-ring (bicyclic) bond motifs is 3. The number of Topliss-reactive ketones (excluding diaryl/α,β-unsaturated/α-hetero) is 1. The Labute approximate surface area is 458 Å².